The molecule has 15 heavy (non-hydrogen) atoms. The monoisotopic (exact) mass is 220 g/mol. The summed E-state index contributed by atoms with van der Waals surface area (Å²) in [5.41, 5.74) is -2.55. The van der Waals surface area contributed by atoms with E-state index in [1.54, 1.807) is 0 Å². The Morgan fingerprint density at radius 3 is 2.40 bits per heavy atom. The average molecular weight is 220 g/mol. The first-order valence-corrected chi connectivity index (χ1v) is 3.71. The van der Waals surface area contributed by atoms with Crippen LogP contribution in [-0.2, 0) is 12.7 Å². The fraction of sp³-hybridized carbons (Fsp3) is 0.250. The zero-order valence-corrected chi connectivity index (χ0v) is 7.18. The van der Waals surface area contributed by atoms with Gasteiger partial charge in [-0.15, -0.1) is 0 Å². The van der Waals surface area contributed by atoms with E-state index >= 15 is 0 Å². The second-order valence-electron chi connectivity index (χ2n) is 2.65. The maximum atomic E-state index is 12.9. The van der Waals surface area contributed by atoms with Crippen molar-refractivity contribution >= 4 is 0 Å². The molecule has 0 fully saturated rings. The van der Waals surface area contributed by atoms with Gasteiger partial charge in [-0.05, 0) is 0 Å². The summed E-state index contributed by atoms with van der Waals surface area (Å²) in [7, 11) is 0. The minimum absolute atomic E-state index is 0.179. The van der Waals surface area contributed by atoms with Crippen LogP contribution >= 0.6 is 0 Å². The summed E-state index contributed by atoms with van der Waals surface area (Å²) in [4.78, 5) is 11.0. The fourth-order valence-electron chi connectivity index (χ4n) is 0.952. The van der Waals surface area contributed by atoms with Crippen LogP contribution in [0.5, 0.6) is 0 Å². The fourth-order valence-corrected chi connectivity index (χ4v) is 0.952. The molecule has 1 aromatic rings. The molecular formula is C8H4F4N2O. The van der Waals surface area contributed by atoms with E-state index in [4.69, 9.17) is 5.26 Å². The van der Waals surface area contributed by atoms with Gasteiger partial charge in [-0.25, -0.2) is 0 Å². The van der Waals surface area contributed by atoms with Crippen LogP contribution in [0.1, 0.15) is 5.56 Å². The highest BCUT2D eigenvalue weighted by Crippen LogP contribution is 2.28. The summed E-state index contributed by atoms with van der Waals surface area (Å²) in [6.45, 7) is -0.622. The largest absolute Gasteiger partial charge is 0.416 e. The molecular weight excluding hydrogens is 216 g/mol. The van der Waals surface area contributed by atoms with Crippen LogP contribution in [0, 0.1) is 17.3 Å². The van der Waals surface area contributed by atoms with Crippen molar-refractivity contribution in [2.45, 2.75) is 12.7 Å². The van der Waals surface area contributed by atoms with Crippen molar-refractivity contribution in [3.63, 3.8) is 0 Å². The molecule has 0 saturated heterocycles. The molecule has 1 aromatic heterocycles. The third-order valence-corrected chi connectivity index (χ3v) is 1.63. The van der Waals surface area contributed by atoms with Crippen LogP contribution in [0.25, 0.3) is 0 Å². The van der Waals surface area contributed by atoms with E-state index < -0.39 is 29.8 Å². The molecule has 0 aliphatic rings. The number of rotatable bonds is 1. The smallest absolute Gasteiger partial charge is 0.271 e. The van der Waals surface area contributed by atoms with Crippen molar-refractivity contribution in [2.75, 3.05) is 0 Å². The average Bonchev–Trinajstić information content (AvgIpc) is 2.09. The summed E-state index contributed by atoms with van der Waals surface area (Å²) in [5, 5.41) is 8.20. The highest BCUT2D eigenvalue weighted by atomic mass is 19.4. The molecule has 0 aromatic carbocycles. The van der Waals surface area contributed by atoms with Crippen molar-refractivity contribution in [2.24, 2.45) is 0 Å². The van der Waals surface area contributed by atoms with Crippen LogP contribution in [0.3, 0.4) is 0 Å². The van der Waals surface area contributed by atoms with Crippen molar-refractivity contribution in [3.8, 4) is 6.07 Å². The van der Waals surface area contributed by atoms with E-state index in [9.17, 15) is 22.4 Å². The minimum atomic E-state index is -4.77. The van der Waals surface area contributed by atoms with Crippen LogP contribution in [-0.4, -0.2) is 4.57 Å². The van der Waals surface area contributed by atoms with Crippen molar-refractivity contribution in [1.82, 2.24) is 4.57 Å². The van der Waals surface area contributed by atoms with Crippen LogP contribution < -0.4 is 5.56 Å². The van der Waals surface area contributed by atoms with Gasteiger partial charge in [0, 0.05) is 12.1 Å². The molecule has 0 N–H and O–H groups in total. The number of pyridine rings is 1. The van der Waals surface area contributed by atoms with Gasteiger partial charge in [0.2, 0.25) is 0 Å². The third-order valence-electron chi connectivity index (χ3n) is 1.63. The first-order chi connectivity index (χ1) is 6.86. The SMILES string of the molecule is N#CCn1c(F)cc(C(F)(F)F)cc1=O. The zero-order chi connectivity index (χ0) is 11.6. The lowest BCUT2D eigenvalue weighted by Gasteiger charge is -2.08. The predicted octanol–water partition coefficient (Wildman–Crippen LogP) is 1.53. The molecule has 0 atom stereocenters. The van der Waals surface area contributed by atoms with Crippen molar-refractivity contribution < 1.29 is 17.6 Å². The maximum Gasteiger partial charge on any atom is 0.416 e. The molecule has 0 unspecified atom stereocenters. The molecule has 0 aliphatic carbocycles. The number of halogens is 4. The maximum absolute atomic E-state index is 12.9. The standard InChI is InChI=1S/C8H4F4N2O/c9-6-3-5(8(10,11)12)4-7(15)14(6)2-1-13/h3-4H,2H2. The zero-order valence-electron chi connectivity index (χ0n) is 7.18. The molecule has 7 heteroatoms. The quantitative estimate of drug-likeness (QED) is 0.532. The van der Waals surface area contributed by atoms with Gasteiger partial charge in [-0.3, -0.25) is 9.36 Å². The Hall–Kier alpha value is -1.84. The lowest BCUT2D eigenvalue weighted by atomic mass is 10.2. The lowest BCUT2D eigenvalue weighted by Crippen LogP contribution is -2.24. The van der Waals surface area contributed by atoms with Gasteiger partial charge in [0.05, 0.1) is 11.6 Å². The summed E-state index contributed by atoms with van der Waals surface area (Å²) in [6.07, 6.45) is -4.77. The molecule has 0 radical (unpaired) electrons. The van der Waals surface area contributed by atoms with Gasteiger partial charge in [-0.2, -0.15) is 22.8 Å². The number of hydrogen-bond donors (Lipinski definition) is 0. The number of aromatic nitrogens is 1. The van der Waals surface area contributed by atoms with Gasteiger partial charge in [0.15, 0.2) is 5.95 Å². The number of nitrogens with zero attached hydrogens (tertiary/aromatic N) is 2. The van der Waals surface area contributed by atoms with E-state index in [-0.39, 0.29) is 12.1 Å². The van der Waals surface area contributed by atoms with Gasteiger partial charge in [0.1, 0.15) is 6.54 Å². The number of hydrogen-bond acceptors (Lipinski definition) is 2. The summed E-state index contributed by atoms with van der Waals surface area (Å²) < 4.78 is 49.5. The van der Waals surface area contributed by atoms with Gasteiger partial charge in [0.25, 0.3) is 5.56 Å². The molecule has 0 spiro atoms. The van der Waals surface area contributed by atoms with E-state index in [1.165, 1.54) is 6.07 Å². The van der Waals surface area contributed by atoms with Crippen LogP contribution in [0.15, 0.2) is 16.9 Å². The van der Waals surface area contributed by atoms with Gasteiger partial charge < -0.3 is 0 Å². The summed E-state index contributed by atoms with van der Waals surface area (Å²) in [5.74, 6) is -1.38. The highest BCUT2D eigenvalue weighted by molar-refractivity contribution is 5.16. The van der Waals surface area contributed by atoms with E-state index in [2.05, 4.69) is 0 Å². The van der Waals surface area contributed by atoms with Gasteiger partial charge in [-0.1, -0.05) is 0 Å². The van der Waals surface area contributed by atoms with Gasteiger partial charge >= 0.3 is 6.18 Å². The van der Waals surface area contributed by atoms with Crippen LogP contribution in [0.4, 0.5) is 17.6 Å². The second kappa shape index (κ2) is 3.73. The van der Waals surface area contributed by atoms with Crippen molar-refractivity contribution in [3.05, 3.63) is 34.0 Å². The minimum Gasteiger partial charge on any atom is -0.271 e. The first kappa shape index (κ1) is 11.2. The molecule has 80 valence electrons. The molecule has 1 heterocycles. The second-order valence-corrected chi connectivity index (χ2v) is 2.65. The lowest BCUT2D eigenvalue weighted by molar-refractivity contribution is -0.138. The van der Waals surface area contributed by atoms with E-state index in [0.29, 0.717) is 4.57 Å². The topological polar surface area (TPSA) is 45.8 Å². The Morgan fingerprint density at radius 2 is 2.00 bits per heavy atom. The number of nitriles is 1. The number of alkyl halides is 3. The molecule has 3 nitrogen and oxygen atoms in total. The molecule has 1 rings (SSSR count). The Kier molecular flexibility index (Phi) is 2.79. The Labute approximate surface area is 81.2 Å². The Bertz CT molecular complexity index is 469. The van der Waals surface area contributed by atoms with E-state index in [0.717, 1.165) is 0 Å². The van der Waals surface area contributed by atoms with Crippen molar-refractivity contribution in [1.29, 1.82) is 5.26 Å². The summed E-state index contributed by atoms with van der Waals surface area (Å²) in [6, 6.07) is 1.90. The molecule has 0 aliphatic heterocycles. The molecule has 0 saturated carbocycles. The predicted molar refractivity (Wildman–Crippen MR) is 41.3 cm³/mol. The highest BCUT2D eigenvalue weighted by Gasteiger charge is 2.32. The molecule has 0 amide bonds. The summed E-state index contributed by atoms with van der Waals surface area (Å²) >= 11 is 0. The van der Waals surface area contributed by atoms with E-state index in [1.807, 2.05) is 0 Å². The third kappa shape index (κ3) is 2.34. The van der Waals surface area contributed by atoms with Crippen LogP contribution in [0.2, 0.25) is 0 Å². The normalized spacial score (nSPS) is 11.1. The Balaban J connectivity index is 3.34. The Morgan fingerprint density at radius 1 is 1.40 bits per heavy atom. The first-order valence-electron chi connectivity index (χ1n) is 3.71. The molecule has 0 bridgehead atoms.